The molecule has 1 fully saturated rings. The van der Waals surface area contributed by atoms with E-state index >= 15 is 0 Å². The standard InChI is InChI=1S/C28H33N3O5/c1-17-8-13-21-22(30(17)28(35)36-2)14-15-23-26(21)29-25(16-24(32)18-6-4-3-5-7-18)31(23)20-11-9-19(10-12-20)27(33)34/h3-7,14-15,17,19-20,24,32H,8-13,16H2,1-2H3,(H,33,34)/t17-,19?,20?,24-/m0/s1. The Kier molecular flexibility index (Phi) is 6.71. The molecule has 3 aromatic rings. The number of aromatic nitrogens is 2. The number of aliphatic hydroxyl groups is 1. The number of carboxylic acids is 1. The van der Waals surface area contributed by atoms with Gasteiger partial charge in [-0.3, -0.25) is 9.69 Å². The minimum Gasteiger partial charge on any atom is -0.481 e. The largest absolute Gasteiger partial charge is 0.481 e. The van der Waals surface area contributed by atoms with Gasteiger partial charge in [0.2, 0.25) is 0 Å². The average Bonchev–Trinajstić information content (AvgIpc) is 3.26. The maximum Gasteiger partial charge on any atom is 0.414 e. The first-order valence-corrected chi connectivity index (χ1v) is 12.7. The summed E-state index contributed by atoms with van der Waals surface area (Å²) in [6.45, 7) is 2.02. The van der Waals surface area contributed by atoms with Crippen LogP contribution < -0.4 is 4.90 Å². The van der Waals surface area contributed by atoms with Crippen LogP contribution in [0.25, 0.3) is 11.0 Å². The van der Waals surface area contributed by atoms with Gasteiger partial charge in [-0.15, -0.1) is 0 Å². The molecule has 0 saturated heterocycles. The minimum absolute atomic E-state index is 0.0233. The molecule has 1 aromatic heterocycles. The van der Waals surface area contributed by atoms with Crippen molar-refractivity contribution in [3.05, 3.63) is 59.4 Å². The highest BCUT2D eigenvalue weighted by Gasteiger charge is 2.34. The number of hydrogen-bond acceptors (Lipinski definition) is 5. The Morgan fingerprint density at radius 1 is 1.08 bits per heavy atom. The van der Waals surface area contributed by atoms with Crippen molar-refractivity contribution in [3.63, 3.8) is 0 Å². The van der Waals surface area contributed by atoms with E-state index in [4.69, 9.17) is 9.72 Å². The Morgan fingerprint density at radius 2 is 1.81 bits per heavy atom. The summed E-state index contributed by atoms with van der Waals surface area (Å²) in [4.78, 5) is 30.9. The lowest BCUT2D eigenvalue weighted by molar-refractivity contribution is -0.143. The lowest BCUT2D eigenvalue weighted by Gasteiger charge is -2.34. The molecule has 8 heteroatoms. The summed E-state index contributed by atoms with van der Waals surface area (Å²) in [7, 11) is 1.40. The predicted molar refractivity (Wildman–Crippen MR) is 136 cm³/mol. The molecule has 1 saturated carbocycles. The zero-order valence-corrected chi connectivity index (χ0v) is 20.8. The number of carboxylic acid groups (broad SMARTS) is 1. The van der Waals surface area contributed by atoms with E-state index in [0.29, 0.717) is 19.3 Å². The molecule has 5 rings (SSSR count). The molecule has 0 radical (unpaired) electrons. The number of carbonyl (C=O) groups is 2. The fraction of sp³-hybridized carbons (Fsp3) is 0.464. The van der Waals surface area contributed by atoms with Crippen molar-refractivity contribution in [2.45, 2.75) is 70.1 Å². The Hall–Kier alpha value is -3.39. The molecule has 0 spiro atoms. The number of aliphatic carboxylic acids is 1. The van der Waals surface area contributed by atoms with Gasteiger partial charge in [0, 0.05) is 24.1 Å². The van der Waals surface area contributed by atoms with Gasteiger partial charge in [0.1, 0.15) is 5.82 Å². The van der Waals surface area contributed by atoms with Crippen LogP contribution in [0.3, 0.4) is 0 Å². The molecule has 190 valence electrons. The van der Waals surface area contributed by atoms with Crippen LogP contribution in [0.1, 0.15) is 68.1 Å². The summed E-state index contributed by atoms with van der Waals surface area (Å²) in [5, 5.41) is 20.5. The van der Waals surface area contributed by atoms with Gasteiger partial charge in [-0.1, -0.05) is 30.3 Å². The Morgan fingerprint density at radius 3 is 2.47 bits per heavy atom. The third kappa shape index (κ3) is 4.34. The third-order valence-electron chi connectivity index (χ3n) is 7.87. The van der Waals surface area contributed by atoms with E-state index in [1.165, 1.54) is 7.11 Å². The minimum atomic E-state index is -0.727. The number of nitrogens with zero attached hydrogens (tertiary/aromatic N) is 3. The molecule has 8 nitrogen and oxygen atoms in total. The SMILES string of the molecule is COC(=O)N1c2ccc3c(nc(C[C@H](O)c4ccccc4)n3C3CCC(C(=O)O)CC3)c2CC[C@@H]1C. The van der Waals surface area contributed by atoms with E-state index in [1.54, 1.807) is 4.90 Å². The number of rotatable bonds is 5. The van der Waals surface area contributed by atoms with Gasteiger partial charge in [0.15, 0.2) is 0 Å². The van der Waals surface area contributed by atoms with Gasteiger partial charge in [0.05, 0.1) is 35.9 Å². The smallest absolute Gasteiger partial charge is 0.414 e. The molecule has 2 atom stereocenters. The summed E-state index contributed by atoms with van der Waals surface area (Å²) in [5.74, 6) is -0.247. The maximum atomic E-state index is 12.6. The monoisotopic (exact) mass is 491 g/mol. The van der Waals surface area contributed by atoms with Crippen molar-refractivity contribution in [1.29, 1.82) is 0 Å². The summed E-state index contributed by atoms with van der Waals surface area (Å²) in [5.41, 5.74) is 4.50. The molecular formula is C28H33N3O5. The number of fused-ring (bicyclic) bond motifs is 3. The number of imidazole rings is 1. The molecule has 0 unspecified atom stereocenters. The predicted octanol–water partition coefficient (Wildman–Crippen LogP) is 5.04. The van der Waals surface area contributed by atoms with E-state index < -0.39 is 12.1 Å². The first-order valence-electron chi connectivity index (χ1n) is 12.7. The highest BCUT2D eigenvalue weighted by Crippen LogP contribution is 2.41. The highest BCUT2D eigenvalue weighted by atomic mass is 16.5. The van der Waals surface area contributed by atoms with Crippen molar-refractivity contribution in [2.75, 3.05) is 12.0 Å². The lowest BCUT2D eigenvalue weighted by Crippen LogP contribution is -2.42. The number of amides is 1. The van der Waals surface area contributed by atoms with Gasteiger partial charge in [-0.05, 0) is 63.1 Å². The van der Waals surface area contributed by atoms with Crippen LogP contribution in [0.5, 0.6) is 0 Å². The van der Waals surface area contributed by atoms with Crippen LogP contribution in [-0.2, 0) is 22.4 Å². The number of aliphatic hydroxyl groups excluding tert-OH is 1. The maximum absolute atomic E-state index is 12.6. The number of aryl methyl sites for hydroxylation is 1. The van der Waals surface area contributed by atoms with E-state index in [-0.39, 0.29) is 24.1 Å². The molecule has 2 N–H and O–H groups in total. The summed E-state index contributed by atoms with van der Waals surface area (Å²) in [6.07, 6.45) is 3.61. The first kappa shape index (κ1) is 24.3. The fourth-order valence-electron chi connectivity index (χ4n) is 5.92. The van der Waals surface area contributed by atoms with Crippen molar-refractivity contribution in [2.24, 2.45) is 5.92 Å². The molecule has 2 aromatic carbocycles. The molecule has 1 aliphatic carbocycles. The van der Waals surface area contributed by atoms with Gasteiger partial charge < -0.3 is 19.5 Å². The number of hydrogen-bond donors (Lipinski definition) is 2. The number of benzene rings is 2. The Bertz CT molecular complexity index is 1260. The number of methoxy groups -OCH3 is 1. The van der Waals surface area contributed by atoms with Gasteiger partial charge in [-0.25, -0.2) is 9.78 Å². The summed E-state index contributed by atoms with van der Waals surface area (Å²) >= 11 is 0. The molecule has 2 aliphatic rings. The first-order chi connectivity index (χ1) is 17.4. The topological polar surface area (TPSA) is 105 Å². The second-order valence-corrected chi connectivity index (χ2v) is 10.0. The molecule has 36 heavy (non-hydrogen) atoms. The molecular weight excluding hydrogens is 458 g/mol. The van der Waals surface area contributed by atoms with E-state index in [2.05, 4.69) is 4.57 Å². The fourth-order valence-corrected chi connectivity index (χ4v) is 5.92. The number of ether oxygens (including phenoxy) is 1. The Balaban J connectivity index is 1.59. The molecule has 2 heterocycles. The normalized spacial score (nSPS) is 22.8. The van der Waals surface area contributed by atoms with E-state index in [1.807, 2.05) is 49.4 Å². The summed E-state index contributed by atoms with van der Waals surface area (Å²) < 4.78 is 7.29. The quantitative estimate of drug-likeness (QED) is 0.518. The number of anilines is 1. The Labute approximate surface area is 210 Å². The van der Waals surface area contributed by atoms with Crippen LogP contribution >= 0.6 is 0 Å². The van der Waals surface area contributed by atoms with Crippen LogP contribution in [0.2, 0.25) is 0 Å². The lowest BCUT2D eigenvalue weighted by atomic mass is 9.85. The number of carbonyl (C=O) groups excluding carboxylic acids is 1. The van der Waals surface area contributed by atoms with E-state index in [0.717, 1.165) is 59.4 Å². The zero-order chi connectivity index (χ0) is 25.4. The van der Waals surface area contributed by atoms with Crippen molar-refractivity contribution >= 4 is 28.8 Å². The van der Waals surface area contributed by atoms with Crippen LogP contribution in [0, 0.1) is 5.92 Å². The molecule has 1 aliphatic heterocycles. The zero-order valence-electron chi connectivity index (χ0n) is 20.8. The molecule has 0 bridgehead atoms. The van der Waals surface area contributed by atoms with Crippen LogP contribution in [0.15, 0.2) is 42.5 Å². The highest BCUT2D eigenvalue weighted by molar-refractivity contribution is 5.95. The second-order valence-electron chi connectivity index (χ2n) is 10.0. The van der Waals surface area contributed by atoms with Crippen molar-refractivity contribution in [1.82, 2.24) is 9.55 Å². The average molecular weight is 492 g/mol. The van der Waals surface area contributed by atoms with Gasteiger partial charge in [0.25, 0.3) is 0 Å². The van der Waals surface area contributed by atoms with Gasteiger partial charge in [-0.2, -0.15) is 0 Å². The summed E-state index contributed by atoms with van der Waals surface area (Å²) in [6, 6.07) is 13.7. The van der Waals surface area contributed by atoms with E-state index in [9.17, 15) is 19.8 Å². The second kappa shape index (κ2) is 9.93. The third-order valence-corrected chi connectivity index (χ3v) is 7.87. The van der Waals surface area contributed by atoms with Crippen LogP contribution in [0.4, 0.5) is 10.5 Å². The van der Waals surface area contributed by atoms with Gasteiger partial charge >= 0.3 is 12.1 Å². The molecule has 1 amide bonds. The van der Waals surface area contributed by atoms with Crippen molar-refractivity contribution < 1.29 is 24.5 Å². The van der Waals surface area contributed by atoms with Crippen molar-refractivity contribution in [3.8, 4) is 0 Å². The van der Waals surface area contributed by atoms with Crippen LogP contribution in [-0.4, -0.2) is 45.0 Å².